The molecule has 1 saturated heterocycles. The zero-order valence-corrected chi connectivity index (χ0v) is 14.0. The third-order valence-corrected chi connectivity index (χ3v) is 4.39. The number of aromatic nitrogens is 5. The molecule has 0 amide bonds. The Morgan fingerprint density at radius 1 is 1.12 bits per heavy atom. The molecule has 0 aliphatic carbocycles. The Kier molecular flexibility index (Phi) is 4.32. The van der Waals surface area contributed by atoms with Gasteiger partial charge in [0.25, 0.3) is 0 Å². The molecule has 8 heteroatoms. The maximum Gasteiger partial charge on any atom is 0.340 e. The van der Waals surface area contributed by atoms with Gasteiger partial charge in [-0.15, -0.1) is 0 Å². The summed E-state index contributed by atoms with van der Waals surface area (Å²) in [6.45, 7) is 2.79. The van der Waals surface area contributed by atoms with E-state index < -0.39 is 0 Å². The molecule has 1 aromatic carbocycles. The van der Waals surface area contributed by atoms with E-state index in [-0.39, 0.29) is 5.69 Å². The van der Waals surface area contributed by atoms with Gasteiger partial charge in [0.2, 0.25) is 0 Å². The van der Waals surface area contributed by atoms with Crippen LogP contribution in [0.5, 0.6) is 0 Å². The van der Waals surface area contributed by atoms with Crippen LogP contribution in [0.1, 0.15) is 25.1 Å². The van der Waals surface area contributed by atoms with Crippen molar-refractivity contribution in [1.29, 1.82) is 0 Å². The summed E-state index contributed by atoms with van der Waals surface area (Å²) >= 11 is 0. The molecule has 3 heterocycles. The van der Waals surface area contributed by atoms with E-state index in [0.29, 0.717) is 12.2 Å². The molecule has 1 aliphatic heterocycles. The van der Waals surface area contributed by atoms with Crippen molar-refractivity contribution in [3.05, 3.63) is 40.6 Å². The second kappa shape index (κ2) is 6.92. The third-order valence-electron chi connectivity index (χ3n) is 4.39. The largest absolute Gasteiger partial charge is 0.367 e. The lowest BCUT2D eigenvalue weighted by Crippen LogP contribution is -2.22. The Morgan fingerprint density at radius 3 is 2.60 bits per heavy atom. The van der Waals surface area contributed by atoms with Gasteiger partial charge in [0, 0.05) is 26.1 Å². The average Bonchev–Trinajstić information content (AvgIpc) is 3.30. The standard InChI is InChI=1S/C17H21N7O/c25-17-21-14(22-23-17)8-5-9-18-15-16(24-10-3-4-11-24)20-13-7-2-1-6-12(13)19-15/h1-2,6-7H,3-5,8-11H2,(H,18,19)(H2,21,22,23,25). The minimum Gasteiger partial charge on any atom is -0.367 e. The van der Waals surface area contributed by atoms with Crippen molar-refractivity contribution in [1.82, 2.24) is 25.1 Å². The number of hydrogen-bond acceptors (Lipinski definition) is 6. The summed E-state index contributed by atoms with van der Waals surface area (Å²) in [5.41, 5.74) is 1.55. The van der Waals surface area contributed by atoms with Crippen molar-refractivity contribution < 1.29 is 0 Å². The van der Waals surface area contributed by atoms with Gasteiger partial charge in [-0.1, -0.05) is 12.1 Å². The molecule has 0 atom stereocenters. The second-order valence-electron chi connectivity index (χ2n) is 6.23. The molecule has 1 fully saturated rings. The highest BCUT2D eigenvalue weighted by atomic mass is 16.1. The molecule has 0 spiro atoms. The monoisotopic (exact) mass is 339 g/mol. The summed E-state index contributed by atoms with van der Waals surface area (Å²) in [5, 5.41) is 9.72. The predicted molar refractivity (Wildman–Crippen MR) is 97.0 cm³/mol. The highest BCUT2D eigenvalue weighted by Gasteiger charge is 2.19. The van der Waals surface area contributed by atoms with Gasteiger partial charge >= 0.3 is 5.69 Å². The molecular weight excluding hydrogens is 318 g/mol. The summed E-state index contributed by atoms with van der Waals surface area (Å²) in [6, 6.07) is 7.95. The summed E-state index contributed by atoms with van der Waals surface area (Å²) in [6.07, 6.45) is 3.93. The van der Waals surface area contributed by atoms with Crippen LogP contribution in [0.25, 0.3) is 11.0 Å². The van der Waals surface area contributed by atoms with E-state index in [0.717, 1.165) is 48.7 Å². The van der Waals surface area contributed by atoms with E-state index >= 15 is 0 Å². The van der Waals surface area contributed by atoms with E-state index in [4.69, 9.17) is 9.97 Å². The first-order chi connectivity index (χ1) is 12.3. The molecule has 0 bridgehead atoms. The molecule has 0 saturated carbocycles. The Labute approximate surface area is 144 Å². The normalized spacial score (nSPS) is 14.3. The number of benzene rings is 1. The van der Waals surface area contributed by atoms with Crippen molar-refractivity contribution in [2.24, 2.45) is 0 Å². The molecule has 2 aromatic heterocycles. The van der Waals surface area contributed by atoms with Crippen LogP contribution in [0.2, 0.25) is 0 Å². The molecule has 130 valence electrons. The fourth-order valence-corrected chi connectivity index (χ4v) is 3.14. The van der Waals surface area contributed by atoms with Crippen molar-refractivity contribution in [2.45, 2.75) is 25.7 Å². The van der Waals surface area contributed by atoms with Gasteiger partial charge in [0.1, 0.15) is 5.82 Å². The summed E-state index contributed by atoms with van der Waals surface area (Å²) in [4.78, 5) is 25.6. The van der Waals surface area contributed by atoms with Crippen LogP contribution in [-0.2, 0) is 6.42 Å². The Hall–Kier alpha value is -2.90. The van der Waals surface area contributed by atoms with E-state index in [1.165, 1.54) is 12.8 Å². The van der Waals surface area contributed by atoms with Crippen molar-refractivity contribution in [3.63, 3.8) is 0 Å². The van der Waals surface area contributed by atoms with Crippen molar-refractivity contribution in [3.8, 4) is 0 Å². The van der Waals surface area contributed by atoms with Gasteiger partial charge in [0.15, 0.2) is 11.6 Å². The number of nitrogens with one attached hydrogen (secondary N) is 3. The van der Waals surface area contributed by atoms with E-state index in [1.54, 1.807) is 0 Å². The first-order valence-corrected chi connectivity index (χ1v) is 8.69. The average molecular weight is 339 g/mol. The molecule has 0 radical (unpaired) electrons. The van der Waals surface area contributed by atoms with Crippen LogP contribution in [0.15, 0.2) is 29.1 Å². The summed E-state index contributed by atoms with van der Waals surface area (Å²) in [5.74, 6) is 2.44. The van der Waals surface area contributed by atoms with Crippen LogP contribution in [0, 0.1) is 0 Å². The predicted octanol–water partition coefficient (Wildman–Crippen LogP) is 1.69. The lowest BCUT2D eigenvalue weighted by Gasteiger charge is -2.20. The summed E-state index contributed by atoms with van der Waals surface area (Å²) < 4.78 is 0. The molecular formula is C17H21N7O. The quantitative estimate of drug-likeness (QED) is 0.591. The van der Waals surface area contributed by atoms with Gasteiger partial charge in [-0.3, -0.25) is 4.98 Å². The van der Waals surface area contributed by atoms with Gasteiger partial charge in [0.05, 0.1) is 11.0 Å². The van der Waals surface area contributed by atoms with Gasteiger partial charge in [-0.05, 0) is 31.4 Å². The number of aromatic amines is 2. The van der Waals surface area contributed by atoms with Crippen molar-refractivity contribution in [2.75, 3.05) is 29.9 Å². The maximum absolute atomic E-state index is 11.0. The highest BCUT2D eigenvalue weighted by Crippen LogP contribution is 2.27. The molecule has 3 aromatic rings. The number of para-hydroxylation sites is 2. The van der Waals surface area contributed by atoms with Crippen LogP contribution in [0.3, 0.4) is 0 Å². The fourth-order valence-electron chi connectivity index (χ4n) is 3.14. The zero-order chi connectivity index (χ0) is 17.1. The Bertz CT molecular complexity index is 911. The minimum absolute atomic E-state index is 0.264. The SMILES string of the molecule is O=c1[nH]nc(CCCNc2nc3ccccc3nc2N2CCCC2)[nH]1. The Balaban J connectivity index is 1.50. The number of fused-ring (bicyclic) bond motifs is 1. The lowest BCUT2D eigenvalue weighted by atomic mass is 10.3. The Morgan fingerprint density at radius 2 is 1.88 bits per heavy atom. The van der Waals surface area contributed by atoms with Gasteiger partial charge < -0.3 is 10.2 Å². The second-order valence-corrected chi connectivity index (χ2v) is 6.23. The third kappa shape index (κ3) is 3.47. The number of hydrogen-bond donors (Lipinski definition) is 3. The lowest BCUT2D eigenvalue weighted by molar-refractivity contribution is 0.802. The van der Waals surface area contributed by atoms with Gasteiger partial charge in [-0.25, -0.2) is 19.9 Å². The van der Waals surface area contributed by atoms with E-state index in [9.17, 15) is 4.79 Å². The number of rotatable bonds is 6. The minimum atomic E-state index is -0.264. The summed E-state index contributed by atoms with van der Waals surface area (Å²) in [7, 11) is 0. The topological polar surface area (TPSA) is 103 Å². The van der Waals surface area contributed by atoms with E-state index in [2.05, 4.69) is 25.4 Å². The number of nitrogens with zero attached hydrogens (tertiary/aromatic N) is 4. The molecule has 25 heavy (non-hydrogen) atoms. The fraction of sp³-hybridized carbons (Fsp3) is 0.412. The number of H-pyrrole nitrogens is 2. The maximum atomic E-state index is 11.0. The first-order valence-electron chi connectivity index (χ1n) is 8.69. The molecule has 1 aliphatic rings. The highest BCUT2D eigenvalue weighted by molar-refractivity contribution is 5.80. The zero-order valence-electron chi connectivity index (χ0n) is 14.0. The molecule has 4 rings (SSSR count). The molecule has 8 nitrogen and oxygen atoms in total. The van der Waals surface area contributed by atoms with Crippen LogP contribution in [-0.4, -0.2) is 44.8 Å². The van der Waals surface area contributed by atoms with Crippen LogP contribution >= 0.6 is 0 Å². The van der Waals surface area contributed by atoms with E-state index in [1.807, 2.05) is 24.3 Å². The molecule has 0 unspecified atom stereocenters. The molecule has 3 N–H and O–H groups in total. The van der Waals surface area contributed by atoms with Crippen molar-refractivity contribution >= 4 is 22.7 Å². The smallest absolute Gasteiger partial charge is 0.340 e. The number of anilines is 2. The first kappa shape index (κ1) is 15.6. The van der Waals surface area contributed by atoms with Crippen LogP contribution in [0.4, 0.5) is 11.6 Å². The number of aryl methyl sites for hydroxylation is 1. The van der Waals surface area contributed by atoms with Gasteiger partial charge in [-0.2, -0.15) is 5.10 Å². The van der Waals surface area contributed by atoms with Crippen LogP contribution < -0.4 is 15.9 Å².